The normalized spacial score (nSPS) is 10.6. The van der Waals surface area contributed by atoms with Crippen molar-refractivity contribution in [2.75, 3.05) is 0 Å². The van der Waals surface area contributed by atoms with Crippen LogP contribution in [0.4, 0.5) is 4.39 Å². The van der Waals surface area contributed by atoms with Gasteiger partial charge in [0.1, 0.15) is 11.6 Å². The fraction of sp³-hybridized carbons (Fsp3) is 0.211. The molecule has 1 heterocycles. The molecular weight excluding hydrogens is 319 g/mol. The van der Waals surface area contributed by atoms with E-state index >= 15 is 0 Å². The SMILES string of the molecule is N#CCCn1c(CC(=O)NCc2ccc(F)cc2)nc2ccccc21. The lowest BCUT2D eigenvalue weighted by molar-refractivity contribution is -0.120. The summed E-state index contributed by atoms with van der Waals surface area (Å²) in [5.41, 5.74) is 2.55. The maximum absolute atomic E-state index is 12.9. The second-order valence-electron chi connectivity index (χ2n) is 5.66. The van der Waals surface area contributed by atoms with Crippen molar-refractivity contribution in [3.8, 4) is 6.07 Å². The van der Waals surface area contributed by atoms with E-state index in [0.717, 1.165) is 16.6 Å². The number of hydrogen-bond acceptors (Lipinski definition) is 3. The molecule has 5 nitrogen and oxygen atoms in total. The molecule has 1 aromatic heterocycles. The quantitative estimate of drug-likeness (QED) is 0.752. The molecule has 0 unspecified atom stereocenters. The van der Waals surface area contributed by atoms with Crippen LogP contribution in [0.5, 0.6) is 0 Å². The number of carbonyl (C=O) groups is 1. The molecule has 3 aromatic rings. The lowest BCUT2D eigenvalue weighted by atomic mass is 10.2. The monoisotopic (exact) mass is 336 g/mol. The van der Waals surface area contributed by atoms with Gasteiger partial charge in [-0.05, 0) is 29.8 Å². The largest absolute Gasteiger partial charge is 0.352 e. The third-order valence-electron chi connectivity index (χ3n) is 3.90. The Morgan fingerprint density at radius 1 is 1.20 bits per heavy atom. The summed E-state index contributed by atoms with van der Waals surface area (Å²) in [5, 5.41) is 11.7. The summed E-state index contributed by atoms with van der Waals surface area (Å²) in [6, 6.07) is 15.7. The topological polar surface area (TPSA) is 70.7 Å². The highest BCUT2D eigenvalue weighted by atomic mass is 19.1. The molecule has 6 heteroatoms. The number of nitriles is 1. The van der Waals surface area contributed by atoms with Gasteiger partial charge in [-0.2, -0.15) is 5.26 Å². The standard InChI is InChI=1S/C19H17FN4O/c20-15-8-6-14(7-9-15)13-22-19(25)12-18-23-16-4-1-2-5-17(16)24(18)11-3-10-21/h1-2,4-9H,3,11-13H2,(H,22,25). The van der Waals surface area contributed by atoms with E-state index in [9.17, 15) is 9.18 Å². The Kier molecular flexibility index (Phi) is 5.05. The number of halogens is 1. The fourth-order valence-electron chi connectivity index (χ4n) is 2.68. The Labute approximate surface area is 144 Å². The fourth-order valence-corrected chi connectivity index (χ4v) is 2.68. The van der Waals surface area contributed by atoms with Gasteiger partial charge < -0.3 is 9.88 Å². The first-order valence-corrected chi connectivity index (χ1v) is 7.99. The zero-order valence-electron chi connectivity index (χ0n) is 13.6. The van der Waals surface area contributed by atoms with E-state index in [-0.39, 0.29) is 18.1 Å². The van der Waals surface area contributed by atoms with Gasteiger partial charge in [-0.15, -0.1) is 0 Å². The number of rotatable bonds is 6. The van der Waals surface area contributed by atoms with E-state index in [0.29, 0.717) is 25.3 Å². The molecule has 0 fully saturated rings. The zero-order valence-corrected chi connectivity index (χ0v) is 13.6. The highest BCUT2D eigenvalue weighted by Crippen LogP contribution is 2.17. The van der Waals surface area contributed by atoms with E-state index in [1.807, 2.05) is 28.8 Å². The Morgan fingerprint density at radius 2 is 1.96 bits per heavy atom. The molecule has 0 aliphatic rings. The van der Waals surface area contributed by atoms with Gasteiger partial charge in [0, 0.05) is 13.1 Å². The van der Waals surface area contributed by atoms with E-state index < -0.39 is 0 Å². The minimum Gasteiger partial charge on any atom is -0.352 e. The molecule has 25 heavy (non-hydrogen) atoms. The van der Waals surface area contributed by atoms with Crippen molar-refractivity contribution in [2.45, 2.75) is 25.9 Å². The van der Waals surface area contributed by atoms with Gasteiger partial charge in [0.15, 0.2) is 0 Å². The average Bonchev–Trinajstić information content (AvgIpc) is 2.96. The first-order valence-electron chi connectivity index (χ1n) is 7.99. The van der Waals surface area contributed by atoms with Crippen molar-refractivity contribution in [3.63, 3.8) is 0 Å². The van der Waals surface area contributed by atoms with Crippen LogP contribution in [0.3, 0.4) is 0 Å². The van der Waals surface area contributed by atoms with Gasteiger partial charge in [0.25, 0.3) is 0 Å². The number of hydrogen-bond donors (Lipinski definition) is 1. The minimum absolute atomic E-state index is 0.126. The Bertz CT molecular complexity index is 925. The molecule has 0 saturated carbocycles. The number of aryl methyl sites for hydroxylation is 1. The van der Waals surface area contributed by atoms with Crippen molar-refractivity contribution < 1.29 is 9.18 Å². The predicted octanol–water partition coefficient (Wildman–Crippen LogP) is 2.95. The summed E-state index contributed by atoms with van der Waals surface area (Å²) < 4.78 is 14.8. The van der Waals surface area contributed by atoms with E-state index in [1.165, 1.54) is 12.1 Å². The predicted molar refractivity (Wildman–Crippen MR) is 91.9 cm³/mol. The molecule has 0 bridgehead atoms. The molecule has 0 spiro atoms. The number of imidazole rings is 1. The Morgan fingerprint density at radius 3 is 2.72 bits per heavy atom. The number of amides is 1. The zero-order chi connectivity index (χ0) is 17.6. The maximum atomic E-state index is 12.9. The smallest absolute Gasteiger partial charge is 0.227 e. The molecule has 1 amide bonds. The van der Waals surface area contributed by atoms with Gasteiger partial charge in [0.2, 0.25) is 5.91 Å². The van der Waals surface area contributed by atoms with Crippen molar-refractivity contribution >= 4 is 16.9 Å². The van der Waals surface area contributed by atoms with E-state index in [2.05, 4.69) is 16.4 Å². The maximum Gasteiger partial charge on any atom is 0.227 e. The van der Waals surface area contributed by atoms with Gasteiger partial charge >= 0.3 is 0 Å². The summed E-state index contributed by atoms with van der Waals surface area (Å²) in [4.78, 5) is 16.8. The van der Waals surface area contributed by atoms with Gasteiger partial charge in [-0.1, -0.05) is 24.3 Å². The highest BCUT2D eigenvalue weighted by molar-refractivity contribution is 5.81. The van der Waals surface area contributed by atoms with Crippen LogP contribution in [0.1, 0.15) is 17.8 Å². The average molecular weight is 336 g/mol. The van der Waals surface area contributed by atoms with Gasteiger partial charge in [0.05, 0.1) is 29.9 Å². The Balaban J connectivity index is 1.71. The number of nitrogens with one attached hydrogen (secondary N) is 1. The lowest BCUT2D eigenvalue weighted by Crippen LogP contribution is -2.26. The van der Waals surface area contributed by atoms with Crippen LogP contribution in [-0.2, 0) is 24.3 Å². The third-order valence-corrected chi connectivity index (χ3v) is 3.90. The van der Waals surface area contributed by atoms with Crippen LogP contribution in [0.2, 0.25) is 0 Å². The lowest BCUT2D eigenvalue weighted by Gasteiger charge is -2.08. The number of para-hydroxylation sites is 2. The number of benzene rings is 2. The second kappa shape index (κ2) is 7.58. The summed E-state index contributed by atoms with van der Waals surface area (Å²) in [7, 11) is 0. The van der Waals surface area contributed by atoms with Crippen LogP contribution in [0.25, 0.3) is 11.0 Å². The van der Waals surface area contributed by atoms with Crippen LogP contribution in [0.15, 0.2) is 48.5 Å². The summed E-state index contributed by atoms with van der Waals surface area (Å²) >= 11 is 0. The van der Waals surface area contributed by atoms with Crippen molar-refractivity contribution in [3.05, 3.63) is 65.7 Å². The number of nitrogens with zero attached hydrogens (tertiary/aromatic N) is 3. The molecular formula is C19H17FN4O. The number of carbonyl (C=O) groups excluding carboxylic acids is 1. The summed E-state index contributed by atoms with van der Waals surface area (Å²) in [6.07, 6.45) is 0.478. The molecule has 2 aromatic carbocycles. The van der Waals surface area contributed by atoms with Crippen LogP contribution < -0.4 is 5.32 Å². The van der Waals surface area contributed by atoms with Crippen molar-refractivity contribution in [2.24, 2.45) is 0 Å². The molecule has 1 N–H and O–H groups in total. The molecule has 0 saturated heterocycles. The molecule has 126 valence electrons. The van der Waals surface area contributed by atoms with E-state index in [4.69, 9.17) is 5.26 Å². The molecule has 0 radical (unpaired) electrons. The highest BCUT2D eigenvalue weighted by Gasteiger charge is 2.13. The molecule has 3 rings (SSSR count). The second-order valence-corrected chi connectivity index (χ2v) is 5.66. The first-order chi connectivity index (χ1) is 12.2. The molecule has 0 aliphatic carbocycles. The third kappa shape index (κ3) is 4.01. The summed E-state index contributed by atoms with van der Waals surface area (Å²) in [6.45, 7) is 0.828. The van der Waals surface area contributed by atoms with Gasteiger partial charge in [-0.25, -0.2) is 9.37 Å². The van der Waals surface area contributed by atoms with E-state index in [1.54, 1.807) is 12.1 Å². The van der Waals surface area contributed by atoms with Crippen molar-refractivity contribution in [1.29, 1.82) is 5.26 Å². The first kappa shape index (κ1) is 16.7. The molecule has 0 aliphatic heterocycles. The van der Waals surface area contributed by atoms with Crippen LogP contribution >= 0.6 is 0 Å². The van der Waals surface area contributed by atoms with Gasteiger partial charge in [-0.3, -0.25) is 4.79 Å². The minimum atomic E-state index is -0.304. The van der Waals surface area contributed by atoms with Crippen LogP contribution in [0, 0.1) is 17.1 Å². The summed E-state index contributed by atoms with van der Waals surface area (Å²) in [5.74, 6) is 0.159. The number of aromatic nitrogens is 2. The Hall–Kier alpha value is -3.20. The molecule has 0 atom stereocenters. The number of fused-ring (bicyclic) bond motifs is 1. The van der Waals surface area contributed by atoms with Crippen LogP contribution in [-0.4, -0.2) is 15.5 Å². The van der Waals surface area contributed by atoms with Crippen molar-refractivity contribution in [1.82, 2.24) is 14.9 Å².